The van der Waals surface area contributed by atoms with Gasteiger partial charge in [-0.05, 0) is 18.2 Å². The van der Waals surface area contributed by atoms with E-state index >= 15 is 0 Å². The number of hydrogen-bond donors (Lipinski definition) is 0. The summed E-state index contributed by atoms with van der Waals surface area (Å²) < 4.78 is 7.37. The minimum atomic E-state index is 0.0568. The smallest absolute Gasteiger partial charge is 0.240 e. The molecule has 1 amide bonds. The van der Waals surface area contributed by atoms with Crippen LogP contribution in [-0.4, -0.2) is 54.7 Å². The second-order valence-electron chi connectivity index (χ2n) is 6.26. The third kappa shape index (κ3) is 3.36. The van der Waals surface area contributed by atoms with Gasteiger partial charge in [-0.25, -0.2) is 15.0 Å². The van der Waals surface area contributed by atoms with Gasteiger partial charge in [-0.2, -0.15) is 4.98 Å². The summed E-state index contributed by atoms with van der Waals surface area (Å²) in [4.78, 5) is 31.3. The van der Waals surface area contributed by atoms with Gasteiger partial charge in [0, 0.05) is 25.5 Å². The number of likely N-dealkylation sites (tertiary alicyclic amines) is 1. The highest BCUT2D eigenvalue weighted by Gasteiger charge is 2.35. The number of thiazole rings is 1. The zero-order valence-electron chi connectivity index (χ0n) is 14.6. The van der Waals surface area contributed by atoms with Crippen molar-refractivity contribution in [1.29, 1.82) is 0 Å². The van der Waals surface area contributed by atoms with Crippen molar-refractivity contribution < 1.29 is 9.32 Å². The predicted molar refractivity (Wildman–Crippen MR) is 105 cm³/mol. The highest BCUT2D eigenvalue weighted by molar-refractivity contribution is 8.01. The van der Waals surface area contributed by atoms with Crippen LogP contribution in [0.1, 0.15) is 11.8 Å². The first-order valence-electron chi connectivity index (χ1n) is 8.63. The van der Waals surface area contributed by atoms with E-state index < -0.39 is 0 Å². The first kappa shape index (κ1) is 17.3. The summed E-state index contributed by atoms with van der Waals surface area (Å²) in [6, 6.07) is 9.71. The molecular formula is C18H14N6O2S2. The first-order valence-corrected chi connectivity index (χ1v) is 10.4. The lowest BCUT2D eigenvalue weighted by molar-refractivity contribution is -0.133. The number of aromatic nitrogens is 5. The topological polar surface area (TPSA) is 97.9 Å². The molecule has 8 nitrogen and oxygen atoms in total. The van der Waals surface area contributed by atoms with Gasteiger partial charge in [-0.3, -0.25) is 4.79 Å². The van der Waals surface area contributed by atoms with E-state index in [1.807, 2.05) is 24.3 Å². The van der Waals surface area contributed by atoms with E-state index in [-0.39, 0.29) is 11.8 Å². The number of nitrogens with zero attached hydrogens (tertiary/aromatic N) is 6. The van der Waals surface area contributed by atoms with Gasteiger partial charge in [0.05, 0.1) is 21.9 Å². The second-order valence-corrected chi connectivity index (χ2v) is 8.51. The van der Waals surface area contributed by atoms with Crippen LogP contribution in [-0.2, 0) is 4.79 Å². The fourth-order valence-corrected chi connectivity index (χ4v) is 4.84. The van der Waals surface area contributed by atoms with Crippen molar-refractivity contribution in [3.05, 3.63) is 48.6 Å². The molecule has 1 aromatic carbocycles. The number of carbonyl (C=O) groups excluding carboxylic acids is 1. The molecule has 4 heterocycles. The van der Waals surface area contributed by atoms with E-state index in [4.69, 9.17) is 4.52 Å². The monoisotopic (exact) mass is 410 g/mol. The van der Waals surface area contributed by atoms with E-state index in [0.29, 0.717) is 36.4 Å². The Morgan fingerprint density at radius 2 is 1.96 bits per heavy atom. The minimum Gasteiger partial charge on any atom is -0.340 e. The number of hydrogen-bond acceptors (Lipinski definition) is 9. The van der Waals surface area contributed by atoms with Crippen LogP contribution in [0.5, 0.6) is 0 Å². The molecule has 28 heavy (non-hydrogen) atoms. The van der Waals surface area contributed by atoms with Crippen LogP contribution >= 0.6 is 23.1 Å². The number of rotatable bonds is 5. The van der Waals surface area contributed by atoms with E-state index in [0.717, 1.165) is 14.6 Å². The molecule has 0 N–H and O–H groups in total. The van der Waals surface area contributed by atoms with Crippen LogP contribution in [0.15, 0.2) is 51.6 Å². The van der Waals surface area contributed by atoms with E-state index in [1.54, 1.807) is 34.7 Å². The lowest BCUT2D eigenvalue weighted by Gasteiger charge is -2.36. The molecule has 0 spiro atoms. The zero-order chi connectivity index (χ0) is 18.9. The highest BCUT2D eigenvalue weighted by atomic mass is 32.2. The lowest BCUT2D eigenvalue weighted by atomic mass is 10.0. The van der Waals surface area contributed by atoms with Crippen molar-refractivity contribution in [2.75, 3.05) is 18.8 Å². The fourth-order valence-electron chi connectivity index (χ4n) is 2.87. The van der Waals surface area contributed by atoms with Crippen LogP contribution in [0.25, 0.3) is 21.9 Å². The summed E-state index contributed by atoms with van der Waals surface area (Å²) in [6.07, 6.45) is 3.26. The third-order valence-electron chi connectivity index (χ3n) is 4.38. The quantitative estimate of drug-likeness (QED) is 0.463. The molecule has 140 valence electrons. The number of amides is 1. The molecule has 0 saturated carbocycles. The van der Waals surface area contributed by atoms with Gasteiger partial charge < -0.3 is 9.42 Å². The maximum Gasteiger partial charge on any atom is 0.240 e. The molecule has 1 aliphatic heterocycles. The number of para-hydroxylation sites is 1. The SMILES string of the molecule is O=C(CSc1nc2ccccc2s1)N1CC(c2nc(-c3ncccn3)no2)C1. The summed E-state index contributed by atoms with van der Waals surface area (Å²) in [5.41, 5.74) is 0.973. The van der Waals surface area contributed by atoms with Crippen molar-refractivity contribution in [1.82, 2.24) is 30.0 Å². The standard InChI is InChI=1S/C18H14N6O2S2/c25-14(10-27-18-21-12-4-1-2-5-13(12)28-18)24-8-11(9-24)17-22-16(23-26-17)15-19-6-3-7-20-15/h1-7,11H,8-10H2. The highest BCUT2D eigenvalue weighted by Crippen LogP contribution is 2.31. The van der Waals surface area contributed by atoms with Gasteiger partial charge >= 0.3 is 0 Å². The molecule has 1 aliphatic rings. The maximum absolute atomic E-state index is 12.4. The van der Waals surface area contributed by atoms with Gasteiger partial charge in [0.1, 0.15) is 0 Å². The van der Waals surface area contributed by atoms with Gasteiger partial charge in [0.2, 0.25) is 23.4 Å². The molecule has 0 bridgehead atoms. The van der Waals surface area contributed by atoms with Crippen molar-refractivity contribution in [2.45, 2.75) is 10.3 Å². The molecule has 4 aromatic rings. The van der Waals surface area contributed by atoms with E-state index in [9.17, 15) is 4.79 Å². The predicted octanol–water partition coefficient (Wildman–Crippen LogP) is 2.85. The van der Waals surface area contributed by atoms with E-state index in [1.165, 1.54) is 11.8 Å². The molecule has 0 aliphatic carbocycles. The fraction of sp³-hybridized carbons (Fsp3) is 0.222. The third-order valence-corrected chi connectivity index (χ3v) is 6.55. The van der Waals surface area contributed by atoms with Crippen LogP contribution in [0, 0.1) is 0 Å². The summed E-state index contributed by atoms with van der Waals surface area (Å²) >= 11 is 3.09. The number of thioether (sulfide) groups is 1. The molecule has 10 heteroatoms. The first-order chi connectivity index (χ1) is 13.8. The van der Waals surface area contributed by atoms with Crippen LogP contribution in [0.2, 0.25) is 0 Å². The average molecular weight is 410 g/mol. The Hall–Kier alpha value is -2.85. The van der Waals surface area contributed by atoms with Crippen LogP contribution < -0.4 is 0 Å². The molecule has 3 aromatic heterocycles. The molecule has 0 unspecified atom stereocenters. The minimum absolute atomic E-state index is 0.0568. The van der Waals surface area contributed by atoms with Gasteiger partial charge in [0.25, 0.3) is 0 Å². The second kappa shape index (κ2) is 7.28. The summed E-state index contributed by atoms with van der Waals surface area (Å²) in [6.45, 7) is 1.16. The summed E-state index contributed by atoms with van der Waals surface area (Å²) in [5, 5.41) is 3.93. The molecule has 0 radical (unpaired) electrons. The Morgan fingerprint density at radius 1 is 1.14 bits per heavy atom. The van der Waals surface area contributed by atoms with Crippen LogP contribution in [0.4, 0.5) is 0 Å². The molecule has 1 saturated heterocycles. The van der Waals surface area contributed by atoms with Crippen LogP contribution in [0.3, 0.4) is 0 Å². The Balaban J connectivity index is 1.15. The maximum atomic E-state index is 12.4. The summed E-state index contributed by atoms with van der Waals surface area (Å²) in [5.74, 6) is 1.83. The molecule has 0 atom stereocenters. The Morgan fingerprint density at radius 3 is 2.79 bits per heavy atom. The van der Waals surface area contributed by atoms with Crippen molar-refractivity contribution in [2.24, 2.45) is 0 Å². The Kier molecular flexibility index (Phi) is 4.49. The molecule has 1 fully saturated rings. The largest absolute Gasteiger partial charge is 0.340 e. The van der Waals surface area contributed by atoms with Gasteiger partial charge in [-0.15, -0.1) is 11.3 Å². The number of carbonyl (C=O) groups is 1. The Bertz CT molecular complexity index is 1090. The number of fused-ring (bicyclic) bond motifs is 1. The number of benzene rings is 1. The molecule has 5 rings (SSSR count). The summed E-state index contributed by atoms with van der Waals surface area (Å²) in [7, 11) is 0. The lowest BCUT2D eigenvalue weighted by Crippen LogP contribution is -2.49. The van der Waals surface area contributed by atoms with Crippen molar-refractivity contribution >= 4 is 39.2 Å². The van der Waals surface area contributed by atoms with E-state index in [2.05, 4.69) is 25.1 Å². The average Bonchev–Trinajstić information content (AvgIpc) is 3.33. The van der Waals surface area contributed by atoms with Gasteiger partial charge in [0.15, 0.2) is 4.34 Å². The zero-order valence-corrected chi connectivity index (χ0v) is 16.2. The van der Waals surface area contributed by atoms with Crippen molar-refractivity contribution in [3.8, 4) is 11.6 Å². The normalized spacial score (nSPS) is 14.4. The molecular weight excluding hydrogens is 396 g/mol. The Labute approximate surface area is 168 Å². The van der Waals surface area contributed by atoms with Gasteiger partial charge in [-0.1, -0.05) is 29.1 Å². The van der Waals surface area contributed by atoms with Crippen molar-refractivity contribution in [3.63, 3.8) is 0 Å².